The molecular formula is C23H25F3N4O2. The summed E-state index contributed by atoms with van der Waals surface area (Å²) >= 11 is 0. The SMILES string of the molecule is O=C(CNC(=O)c1ccccc1Nc1cccc(C(F)(F)F)c1)NC1C[C@H]2CC[C@@H](C1)N2. The molecule has 9 heteroatoms. The van der Waals surface area contributed by atoms with Crippen LogP contribution in [0.15, 0.2) is 48.5 Å². The molecule has 4 N–H and O–H groups in total. The van der Waals surface area contributed by atoms with Gasteiger partial charge in [-0.25, -0.2) is 0 Å². The van der Waals surface area contributed by atoms with Crippen molar-refractivity contribution in [2.75, 3.05) is 11.9 Å². The van der Waals surface area contributed by atoms with Crippen LogP contribution in [-0.2, 0) is 11.0 Å². The fourth-order valence-corrected chi connectivity index (χ4v) is 4.43. The lowest BCUT2D eigenvalue weighted by molar-refractivity contribution is -0.137. The summed E-state index contributed by atoms with van der Waals surface area (Å²) in [5.74, 6) is -0.742. The molecular weight excluding hydrogens is 421 g/mol. The summed E-state index contributed by atoms with van der Waals surface area (Å²) in [6, 6.07) is 12.2. The Hall–Kier alpha value is -3.07. The molecule has 2 bridgehead atoms. The van der Waals surface area contributed by atoms with Crippen molar-refractivity contribution in [1.82, 2.24) is 16.0 Å². The minimum absolute atomic E-state index is 0.105. The van der Waals surface area contributed by atoms with Gasteiger partial charge >= 0.3 is 6.18 Å². The highest BCUT2D eigenvalue weighted by atomic mass is 19.4. The van der Waals surface area contributed by atoms with E-state index < -0.39 is 17.6 Å². The molecule has 2 aliphatic rings. The van der Waals surface area contributed by atoms with Gasteiger partial charge in [-0.15, -0.1) is 0 Å². The standard InChI is InChI=1S/C23H25F3N4O2/c24-23(25,26)14-4-3-5-15(10-14)29-20-7-2-1-6-19(20)22(32)27-13-21(31)30-18-11-16-8-9-17(12-18)28-16/h1-7,10,16-18,28-29H,8-9,11-13H2,(H,27,32)(H,30,31)/t16-,17+,18?. The molecule has 6 nitrogen and oxygen atoms in total. The number of carbonyl (C=O) groups is 2. The van der Waals surface area contributed by atoms with Crippen LogP contribution in [0.1, 0.15) is 41.6 Å². The molecule has 170 valence electrons. The Morgan fingerprint density at radius 3 is 2.44 bits per heavy atom. The summed E-state index contributed by atoms with van der Waals surface area (Å²) in [6.07, 6.45) is -0.428. The summed E-state index contributed by atoms with van der Waals surface area (Å²) < 4.78 is 38.9. The van der Waals surface area contributed by atoms with Crippen LogP contribution in [0.25, 0.3) is 0 Å². The third-order valence-corrected chi connectivity index (χ3v) is 5.89. The number of benzene rings is 2. The van der Waals surface area contributed by atoms with Crippen LogP contribution >= 0.6 is 0 Å². The van der Waals surface area contributed by atoms with Crippen molar-refractivity contribution >= 4 is 23.2 Å². The molecule has 2 amide bonds. The second-order valence-electron chi connectivity index (χ2n) is 8.31. The monoisotopic (exact) mass is 446 g/mol. The number of fused-ring (bicyclic) bond motifs is 2. The molecule has 0 radical (unpaired) electrons. The van der Waals surface area contributed by atoms with Gasteiger partial charge in [-0.2, -0.15) is 13.2 Å². The van der Waals surface area contributed by atoms with Gasteiger partial charge in [0, 0.05) is 23.8 Å². The number of alkyl halides is 3. The van der Waals surface area contributed by atoms with Crippen molar-refractivity contribution in [2.45, 2.75) is 50.0 Å². The van der Waals surface area contributed by atoms with Gasteiger partial charge in [-0.3, -0.25) is 9.59 Å². The lowest BCUT2D eigenvalue weighted by Crippen LogP contribution is -2.50. The van der Waals surface area contributed by atoms with E-state index in [2.05, 4.69) is 21.3 Å². The minimum atomic E-state index is -4.46. The van der Waals surface area contributed by atoms with Crippen LogP contribution in [0.3, 0.4) is 0 Å². The van der Waals surface area contributed by atoms with Crippen molar-refractivity contribution in [1.29, 1.82) is 0 Å². The highest BCUT2D eigenvalue weighted by molar-refractivity contribution is 6.01. The van der Waals surface area contributed by atoms with Crippen LogP contribution in [0, 0.1) is 0 Å². The molecule has 2 aromatic carbocycles. The van der Waals surface area contributed by atoms with Crippen LogP contribution in [0.5, 0.6) is 0 Å². The van der Waals surface area contributed by atoms with E-state index in [1.807, 2.05) is 0 Å². The van der Waals surface area contributed by atoms with E-state index in [1.54, 1.807) is 24.3 Å². The number of para-hydroxylation sites is 1. The molecule has 4 rings (SSSR count). The number of halogens is 3. The quantitative estimate of drug-likeness (QED) is 0.547. The smallest absolute Gasteiger partial charge is 0.355 e. The summed E-state index contributed by atoms with van der Waals surface area (Å²) in [7, 11) is 0. The summed E-state index contributed by atoms with van der Waals surface area (Å²) in [6.45, 7) is -0.171. The highest BCUT2D eigenvalue weighted by Gasteiger charge is 2.34. The predicted molar refractivity (Wildman–Crippen MR) is 115 cm³/mol. The van der Waals surface area contributed by atoms with Crippen molar-refractivity contribution in [3.05, 3.63) is 59.7 Å². The van der Waals surface area contributed by atoms with Gasteiger partial charge in [0.1, 0.15) is 0 Å². The van der Waals surface area contributed by atoms with E-state index >= 15 is 0 Å². The molecule has 2 saturated heterocycles. The third kappa shape index (κ3) is 5.40. The van der Waals surface area contributed by atoms with Crippen molar-refractivity contribution in [2.24, 2.45) is 0 Å². The summed E-state index contributed by atoms with van der Waals surface area (Å²) in [5, 5.41) is 12.0. The van der Waals surface area contributed by atoms with E-state index in [1.165, 1.54) is 12.1 Å². The number of hydrogen-bond acceptors (Lipinski definition) is 4. The lowest BCUT2D eigenvalue weighted by Gasteiger charge is -2.29. The van der Waals surface area contributed by atoms with Crippen LogP contribution < -0.4 is 21.3 Å². The summed E-state index contributed by atoms with van der Waals surface area (Å²) in [4.78, 5) is 25.0. The van der Waals surface area contributed by atoms with E-state index in [4.69, 9.17) is 0 Å². The maximum Gasteiger partial charge on any atom is 0.416 e. The van der Waals surface area contributed by atoms with Crippen LogP contribution in [-0.4, -0.2) is 36.5 Å². The molecule has 0 aromatic heterocycles. The molecule has 2 heterocycles. The molecule has 0 saturated carbocycles. The van der Waals surface area contributed by atoms with Crippen molar-refractivity contribution in [3.8, 4) is 0 Å². The Labute approximate surface area is 184 Å². The Balaban J connectivity index is 1.36. The van der Waals surface area contributed by atoms with Gasteiger partial charge < -0.3 is 21.3 Å². The van der Waals surface area contributed by atoms with Crippen LogP contribution in [0.4, 0.5) is 24.5 Å². The van der Waals surface area contributed by atoms with Gasteiger partial charge in [0.15, 0.2) is 0 Å². The number of piperidine rings is 1. The van der Waals surface area contributed by atoms with E-state index in [9.17, 15) is 22.8 Å². The number of anilines is 2. The maximum atomic E-state index is 13.0. The molecule has 2 aromatic rings. The maximum absolute atomic E-state index is 13.0. The second-order valence-corrected chi connectivity index (χ2v) is 8.31. The Bertz CT molecular complexity index is 983. The molecule has 2 fully saturated rings. The predicted octanol–water partition coefficient (Wildman–Crippen LogP) is 3.58. The number of carbonyl (C=O) groups excluding carboxylic acids is 2. The molecule has 1 unspecified atom stereocenters. The van der Waals surface area contributed by atoms with Gasteiger partial charge in [-0.05, 0) is 56.0 Å². The molecule has 0 aliphatic carbocycles. The average molecular weight is 446 g/mol. The number of rotatable bonds is 6. The zero-order valence-corrected chi connectivity index (χ0v) is 17.3. The number of nitrogens with one attached hydrogen (secondary N) is 4. The van der Waals surface area contributed by atoms with Gasteiger partial charge in [0.05, 0.1) is 23.4 Å². The topological polar surface area (TPSA) is 82.3 Å². The first-order chi connectivity index (χ1) is 15.3. The fraction of sp³-hybridized carbons (Fsp3) is 0.391. The number of hydrogen-bond donors (Lipinski definition) is 4. The second kappa shape index (κ2) is 9.20. The minimum Gasteiger partial charge on any atom is -0.355 e. The summed E-state index contributed by atoms with van der Waals surface area (Å²) in [5.41, 5.74) is 0.00287. The van der Waals surface area contributed by atoms with Crippen molar-refractivity contribution < 1.29 is 22.8 Å². The van der Waals surface area contributed by atoms with Crippen LogP contribution in [0.2, 0.25) is 0 Å². The van der Waals surface area contributed by atoms with Gasteiger partial charge in [0.2, 0.25) is 5.91 Å². The molecule has 3 atom stereocenters. The first-order valence-corrected chi connectivity index (χ1v) is 10.6. The van der Waals surface area contributed by atoms with E-state index in [0.29, 0.717) is 17.8 Å². The highest BCUT2D eigenvalue weighted by Crippen LogP contribution is 2.32. The molecule has 32 heavy (non-hydrogen) atoms. The number of amides is 2. The normalized spacial score (nSPS) is 22.3. The van der Waals surface area contributed by atoms with E-state index in [0.717, 1.165) is 37.8 Å². The van der Waals surface area contributed by atoms with Crippen molar-refractivity contribution in [3.63, 3.8) is 0 Å². The fourth-order valence-electron chi connectivity index (χ4n) is 4.43. The first-order valence-electron chi connectivity index (χ1n) is 10.6. The Morgan fingerprint density at radius 1 is 1.00 bits per heavy atom. The Morgan fingerprint density at radius 2 is 1.72 bits per heavy atom. The lowest BCUT2D eigenvalue weighted by atomic mass is 10.00. The third-order valence-electron chi connectivity index (χ3n) is 5.89. The van der Waals surface area contributed by atoms with Gasteiger partial charge in [0.25, 0.3) is 5.91 Å². The zero-order valence-electron chi connectivity index (χ0n) is 17.3. The molecule has 2 aliphatic heterocycles. The first kappa shape index (κ1) is 22.1. The largest absolute Gasteiger partial charge is 0.416 e. The molecule has 0 spiro atoms. The average Bonchev–Trinajstić information content (AvgIpc) is 3.10. The zero-order chi connectivity index (χ0) is 22.7. The Kier molecular flexibility index (Phi) is 6.36. The van der Waals surface area contributed by atoms with E-state index in [-0.39, 0.29) is 29.7 Å². The van der Waals surface area contributed by atoms with Gasteiger partial charge in [-0.1, -0.05) is 18.2 Å².